The average Bonchev–Trinajstić information content (AvgIpc) is 2.82. The molecule has 0 spiro atoms. The lowest BCUT2D eigenvalue weighted by Crippen LogP contribution is -2.41. The third kappa shape index (κ3) is 7.14. The maximum absolute atomic E-state index is 12.5. The first-order valence-corrected chi connectivity index (χ1v) is 11.6. The van der Waals surface area contributed by atoms with Crippen LogP contribution in [0.2, 0.25) is 5.02 Å². The molecule has 0 bridgehead atoms. The third-order valence-corrected chi connectivity index (χ3v) is 5.96. The Morgan fingerprint density at radius 2 is 2.00 bits per heavy atom. The van der Waals surface area contributed by atoms with Gasteiger partial charge in [0.1, 0.15) is 11.6 Å². The third-order valence-electron chi connectivity index (χ3n) is 5.67. The van der Waals surface area contributed by atoms with Crippen molar-refractivity contribution < 1.29 is 24.2 Å². The van der Waals surface area contributed by atoms with E-state index < -0.39 is 17.9 Å². The number of hydrogen-bond acceptors (Lipinski definition) is 6. The van der Waals surface area contributed by atoms with E-state index in [9.17, 15) is 14.7 Å². The van der Waals surface area contributed by atoms with Gasteiger partial charge >= 0.3 is 5.97 Å². The lowest BCUT2D eigenvalue weighted by atomic mass is 9.95. The number of amides is 1. The number of carbonyl (C=O) groups excluding carboxylic acids is 1. The van der Waals surface area contributed by atoms with Crippen LogP contribution in [0.1, 0.15) is 59.4 Å². The van der Waals surface area contributed by atoms with Crippen molar-refractivity contribution in [1.29, 1.82) is 0 Å². The highest BCUT2D eigenvalue weighted by Crippen LogP contribution is 2.25. The summed E-state index contributed by atoms with van der Waals surface area (Å²) >= 11 is 6.04. The van der Waals surface area contributed by atoms with E-state index in [-0.39, 0.29) is 29.4 Å². The van der Waals surface area contributed by atoms with E-state index in [4.69, 9.17) is 26.1 Å². The van der Waals surface area contributed by atoms with Gasteiger partial charge in [-0.2, -0.15) is 0 Å². The molecule has 178 valence electrons. The van der Waals surface area contributed by atoms with E-state index >= 15 is 0 Å². The maximum Gasteiger partial charge on any atom is 0.326 e. The Hall–Kier alpha value is -2.71. The maximum atomic E-state index is 12.5. The second-order valence-electron chi connectivity index (χ2n) is 8.04. The number of hydrogen-bond donors (Lipinski definition) is 2. The molecule has 0 fully saturated rings. The number of aryl methyl sites for hydroxylation is 3. The molecule has 0 radical (unpaired) electrons. The van der Waals surface area contributed by atoms with E-state index in [1.807, 2.05) is 0 Å². The molecular weight excluding hydrogens is 446 g/mol. The molecule has 0 saturated carbocycles. The van der Waals surface area contributed by atoms with Crippen LogP contribution in [0.25, 0.3) is 0 Å². The topological polar surface area (TPSA) is 111 Å². The van der Waals surface area contributed by atoms with Crippen LogP contribution in [0, 0.1) is 0 Å². The molecule has 0 unspecified atom stereocenters. The summed E-state index contributed by atoms with van der Waals surface area (Å²) in [6, 6.07) is 3.23. The summed E-state index contributed by atoms with van der Waals surface area (Å²) < 4.78 is 10.7. The molecule has 1 aliphatic rings. The van der Waals surface area contributed by atoms with Crippen LogP contribution >= 0.6 is 11.6 Å². The molecule has 2 aromatic rings. The number of rotatable bonds is 12. The van der Waals surface area contributed by atoms with E-state index in [2.05, 4.69) is 22.4 Å². The molecule has 0 aliphatic heterocycles. The first-order chi connectivity index (χ1) is 16.0. The predicted molar refractivity (Wildman–Crippen MR) is 124 cm³/mol. The van der Waals surface area contributed by atoms with Gasteiger partial charge < -0.3 is 19.9 Å². The van der Waals surface area contributed by atoms with Crippen LogP contribution in [0.15, 0.2) is 24.5 Å². The Morgan fingerprint density at radius 3 is 2.79 bits per heavy atom. The SMILES string of the molecule is COc1cncc(Cl)c1C(=O)N[C@@H](CCOCCCCc1ccc2c(n1)CCCC2)C(=O)O. The van der Waals surface area contributed by atoms with Crippen molar-refractivity contribution in [2.24, 2.45) is 0 Å². The first kappa shape index (κ1) is 24.9. The quantitative estimate of drug-likeness (QED) is 0.451. The number of aliphatic carboxylic acids is 1. The van der Waals surface area contributed by atoms with Crippen molar-refractivity contribution in [1.82, 2.24) is 15.3 Å². The van der Waals surface area contributed by atoms with Gasteiger partial charge in [0, 0.05) is 37.2 Å². The predicted octanol–water partition coefficient (Wildman–Crippen LogP) is 3.63. The van der Waals surface area contributed by atoms with Crippen LogP contribution in [0.4, 0.5) is 0 Å². The van der Waals surface area contributed by atoms with E-state index in [0.29, 0.717) is 6.61 Å². The average molecular weight is 476 g/mol. The van der Waals surface area contributed by atoms with E-state index in [1.54, 1.807) is 0 Å². The summed E-state index contributed by atoms with van der Waals surface area (Å²) in [6.45, 7) is 0.741. The van der Waals surface area contributed by atoms with Gasteiger partial charge in [-0.25, -0.2) is 4.79 Å². The van der Waals surface area contributed by atoms with Crippen molar-refractivity contribution in [2.45, 2.75) is 57.4 Å². The van der Waals surface area contributed by atoms with Crippen LogP contribution < -0.4 is 10.1 Å². The molecular formula is C24H30ClN3O5. The number of carboxylic acid groups (broad SMARTS) is 1. The number of aromatic nitrogens is 2. The number of pyridine rings is 2. The number of methoxy groups -OCH3 is 1. The molecule has 1 aliphatic carbocycles. The zero-order valence-corrected chi connectivity index (χ0v) is 19.6. The number of nitrogens with zero attached hydrogens (tertiary/aromatic N) is 2. The fraction of sp³-hybridized carbons (Fsp3) is 0.500. The summed E-state index contributed by atoms with van der Waals surface area (Å²) in [5.74, 6) is -1.60. The molecule has 2 heterocycles. The molecule has 8 nitrogen and oxygen atoms in total. The molecule has 1 amide bonds. The minimum absolute atomic E-state index is 0.0529. The summed E-state index contributed by atoms with van der Waals surface area (Å²) in [5, 5.41) is 12.0. The smallest absolute Gasteiger partial charge is 0.326 e. The molecule has 2 N–H and O–H groups in total. The summed E-state index contributed by atoms with van der Waals surface area (Å²) in [6.07, 6.45) is 10.2. The fourth-order valence-electron chi connectivity index (χ4n) is 3.86. The van der Waals surface area contributed by atoms with Crippen molar-refractivity contribution in [2.75, 3.05) is 20.3 Å². The number of halogens is 1. The van der Waals surface area contributed by atoms with Crippen LogP contribution in [0.3, 0.4) is 0 Å². The van der Waals surface area contributed by atoms with Crippen molar-refractivity contribution >= 4 is 23.5 Å². The van der Waals surface area contributed by atoms with Crippen LogP contribution in [0.5, 0.6) is 5.75 Å². The highest BCUT2D eigenvalue weighted by molar-refractivity contribution is 6.34. The van der Waals surface area contributed by atoms with Gasteiger partial charge in [-0.05, 0) is 56.6 Å². The van der Waals surface area contributed by atoms with Gasteiger partial charge in [0.2, 0.25) is 0 Å². The molecule has 9 heteroatoms. The Kier molecular flexibility index (Phi) is 9.45. The van der Waals surface area contributed by atoms with Gasteiger partial charge in [0.05, 0.1) is 18.3 Å². The molecule has 0 aromatic carbocycles. The summed E-state index contributed by atoms with van der Waals surface area (Å²) in [5.41, 5.74) is 3.81. The number of fused-ring (bicyclic) bond motifs is 1. The largest absolute Gasteiger partial charge is 0.494 e. The molecule has 33 heavy (non-hydrogen) atoms. The Bertz CT molecular complexity index is 969. The van der Waals surface area contributed by atoms with Gasteiger partial charge in [0.15, 0.2) is 5.75 Å². The Balaban J connectivity index is 1.38. The number of unbranched alkanes of at least 4 members (excludes halogenated alkanes) is 1. The number of nitrogens with one attached hydrogen (secondary N) is 1. The zero-order chi connectivity index (χ0) is 23.6. The monoisotopic (exact) mass is 475 g/mol. The standard InChI is InChI=1S/C24H30ClN3O5/c1-32-21-15-26-14-18(25)22(21)23(29)28-20(24(30)31)11-13-33-12-5-4-7-17-10-9-16-6-2-3-8-19(16)27-17/h9-10,14-15,20H,2-8,11-13H2,1H3,(H,28,29)(H,30,31)/t20-/m0/s1. The van der Waals surface area contributed by atoms with Crippen molar-refractivity contribution in [3.8, 4) is 5.75 Å². The van der Waals surface area contributed by atoms with Gasteiger partial charge in [-0.1, -0.05) is 17.7 Å². The highest BCUT2D eigenvalue weighted by atomic mass is 35.5. The highest BCUT2D eigenvalue weighted by Gasteiger charge is 2.24. The summed E-state index contributed by atoms with van der Waals surface area (Å²) in [4.78, 5) is 32.8. The number of carboxylic acids is 1. The van der Waals surface area contributed by atoms with Gasteiger partial charge in [0.25, 0.3) is 5.91 Å². The minimum Gasteiger partial charge on any atom is -0.494 e. The van der Waals surface area contributed by atoms with Crippen LogP contribution in [-0.4, -0.2) is 53.3 Å². The van der Waals surface area contributed by atoms with E-state index in [0.717, 1.165) is 37.8 Å². The first-order valence-electron chi connectivity index (χ1n) is 11.3. The molecule has 0 saturated heterocycles. The second-order valence-corrected chi connectivity index (χ2v) is 8.44. The van der Waals surface area contributed by atoms with E-state index in [1.165, 1.54) is 43.6 Å². The summed E-state index contributed by atoms with van der Waals surface area (Å²) in [7, 11) is 1.38. The van der Waals surface area contributed by atoms with Crippen molar-refractivity contribution in [3.05, 3.63) is 52.1 Å². The minimum atomic E-state index is -1.14. The molecule has 2 aromatic heterocycles. The molecule has 1 atom stereocenters. The lowest BCUT2D eigenvalue weighted by Gasteiger charge is -2.16. The van der Waals surface area contributed by atoms with Crippen molar-refractivity contribution in [3.63, 3.8) is 0 Å². The van der Waals surface area contributed by atoms with Crippen LogP contribution in [-0.2, 0) is 28.8 Å². The lowest BCUT2D eigenvalue weighted by molar-refractivity contribution is -0.139. The zero-order valence-electron chi connectivity index (χ0n) is 18.8. The normalized spacial score (nSPS) is 13.8. The number of carbonyl (C=O) groups is 2. The Morgan fingerprint density at radius 1 is 1.18 bits per heavy atom. The number of ether oxygens (including phenoxy) is 2. The van der Waals surface area contributed by atoms with Gasteiger partial charge in [-0.3, -0.25) is 14.8 Å². The second kappa shape index (κ2) is 12.5. The Labute approximate surface area is 198 Å². The molecule has 3 rings (SSSR count). The fourth-order valence-corrected chi connectivity index (χ4v) is 4.10. The van der Waals surface area contributed by atoms with Gasteiger partial charge in [-0.15, -0.1) is 0 Å².